The molecule has 1 aromatic heterocycles. The lowest BCUT2D eigenvalue weighted by atomic mass is 9.78. The van der Waals surface area contributed by atoms with Crippen LogP contribution < -0.4 is 21.7 Å². The minimum Gasteiger partial charge on any atom is -0.363 e. The lowest BCUT2D eigenvalue weighted by Crippen LogP contribution is -2.62. The summed E-state index contributed by atoms with van der Waals surface area (Å²) in [7, 11) is 0. The van der Waals surface area contributed by atoms with Gasteiger partial charge in [0, 0.05) is 30.4 Å². The quantitative estimate of drug-likeness (QED) is 0.254. The number of Topliss-reactive ketones (excluding diaryl/α,β-unsaturated/α-hetero) is 1. The molecule has 2 heterocycles. The van der Waals surface area contributed by atoms with E-state index in [0.29, 0.717) is 19.4 Å². The molecule has 0 radical (unpaired) electrons. The Morgan fingerprint density at radius 3 is 2.30 bits per heavy atom. The molecular formula is C36H52N6O5. The zero-order valence-electron chi connectivity index (χ0n) is 28.0. The Bertz CT molecular complexity index is 1350. The molecule has 5 aliphatic rings. The predicted octanol–water partition coefficient (Wildman–Crippen LogP) is 3.40. The number of primary amides is 1. The number of nitrogens with zero attached hydrogens (tertiary/aromatic N) is 2. The highest BCUT2D eigenvalue weighted by Gasteiger charge is 2.69. The number of carbonyl (C=O) groups is 5. The summed E-state index contributed by atoms with van der Waals surface area (Å²) in [6, 6.07) is 2.94. The molecule has 4 aliphatic carbocycles. The van der Waals surface area contributed by atoms with Crippen molar-refractivity contribution in [2.75, 3.05) is 6.54 Å². The van der Waals surface area contributed by atoms with Crippen molar-refractivity contribution in [3.8, 4) is 0 Å². The van der Waals surface area contributed by atoms with Gasteiger partial charge in [0.1, 0.15) is 12.1 Å². The summed E-state index contributed by atoms with van der Waals surface area (Å²) < 4.78 is 0. The number of aromatic nitrogens is 1. The van der Waals surface area contributed by atoms with Crippen molar-refractivity contribution < 1.29 is 24.0 Å². The number of piperidine rings is 1. The smallest absolute Gasteiger partial charge is 0.315 e. The van der Waals surface area contributed by atoms with Gasteiger partial charge >= 0.3 is 6.03 Å². The minimum absolute atomic E-state index is 0.0344. The molecule has 4 saturated carbocycles. The molecule has 11 nitrogen and oxygen atoms in total. The fourth-order valence-electron chi connectivity index (χ4n) is 9.03. The number of urea groups is 1. The van der Waals surface area contributed by atoms with Gasteiger partial charge in [-0.25, -0.2) is 4.79 Å². The third-order valence-electron chi connectivity index (χ3n) is 12.0. The lowest BCUT2D eigenvalue weighted by Gasteiger charge is -2.40. The summed E-state index contributed by atoms with van der Waals surface area (Å²) in [5, 5.41) is 9.29. The number of ketones is 1. The van der Waals surface area contributed by atoms with Gasteiger partial charge in [-0.15, -0.1) is 0 Å². The van der Waals surface area contributed by atoms with Crippen molar-refractivity contribution in [3.63, 3.8) is 0 Å². The van der Waals surface area contributed by atoms with Crippen LogP contribution in [0.15, 0.2) is 24.4 Å². The summed E-state index contributed by atoms with van der Waals surface area (Å²) in [5.41, 5.74) is 5.70. The normalized spacial score (nSPS) is 27.5. The summed E-state index contributed by atoms with van der Waals surface area (Å²) >= 11 is 0. The largest absolute Gasteiger partial charge is 0.363 e. The summed E-state index contributed by atoms with van der Waals surface area (Å²) in [6.45, 7) is 4.63. The molecule has 2 unspecified atom stereocenters. The third kappa shape index (κ3) is 7.33. The number of amides is 5. The van der Waals surface area contributed by atoms with E-state index in [1.807, 2.05) is 18.2 Å². The number of rotatable bonds is 12. The van der Waals surface area contributed by atoms with Crippen LogP contribution in [0.3, 0.4) is 0 Å². The van der Waals surface area contributed by atoms with E-state index in [1.165, 1.54) is 0 Å². The monoisotopic (exact) mass is 648 g/mol. The standard InChI is InChI=1S/C36H52N6O5/c1-35(2)25-21-42(29(27(25)35)32(45)39-26(19-22-14-15-22)30(43)31(37)44)33(46)28(23-11-5-3-6-12-23)40-34(47)41-36(16-8-4-9-17-36)20-24-13-7-10-18-38-24/h7,10,13,18,22-23,25-29H,3-6,8-9,11-12,14-17,19-21H2,1-2H3,(H2,37,44)(H,39,45)(H2,40,41,47)/t25-,26?,27?,28-,29-/m0/s1. The van der Waals surface area contributed by atoms with Crippen molar-refractivity contribution in [2.24, 2.45) is 34.8 Å². The van der Waals surface area contributed by atoms with E-state index in [9.17, 15) is 24.0 Å². The van der Waals surface area contributed by atoms with Gasteiger partial charge < -0.3 is 26.6 Å². The molecule has 1 aliphatic heterocycles. The van der Waals surface area contributed by atoms with Crippen LogP contribution in [0.4, 0.5) is 4.79 Å². The minimum atomic E-state index is -1.06. The van der Waals surface area contributed by atoms with Gasteiger partial charge in [0.25, 0.3) is 5.91 Å². The molecule has 0 aromatic carbocycles. The number of nitrogens with two attached hydrogens (primary N) is 1. The lowest BCUT2D eigenvalue weighted by molar-refractivity contribution is -0.144. The third-order valence-corrected chi connectivity index (χ3v) is 12.0. The van der Waals surface area contributed by atoms with Crippen LogP contribution in [0.25, 0.3) is 0 Å². The summed E-state index contributed by atoms with van der Waals surface area (Å²) in [5.74, 6) is -2.20. The van der Waals surface area contributed by atoms with Gasteiger partial charge in [0.15, 0.2) is 0 Å². The Kier molecular flexibility index (Phi) is 9.63. The molecule has 11 heteroatoms. The van der Waals surface area contributed by atoms with Crippen LogP contribution in [-0.4, -0.2) is 69.6 Å². The van der Waals surface area contributed by atoms with Crippen molar-refractivity contribution in [2.45, 2.75) is 127 Å². The molecule has 1 aromatic rings. The first-order chi connectivity index (χ1) is 22.5. The van der Waals surface area contributed by atoms with Crippen LogP contribution in [0.2, 0.25) is 0 Å². The fraction of sp³-hybridized carbons (Fsp3) is 0.722. The summed E-state index contributed by atoms with van der Waals surface area (Å²) in [4.78, 5) is 73.2. The maximum absolute atomic E-state index is 14.6. The molecule has 5 N–H and O–H groups in total. The zero-order chi connectivity index (χ0) is 33.3. The average molecular weight is 649 g/mol. The number of likely N-dealkylation sites (tertiary alicyclic amines) is 1. The first-order valence-corrected chi connectivity index (χ1v) is 17.9. The number of pyridine rings is 1. The Labute approximate surface area is 277 Å². The van der Waals surface area contributed by atoms with E-state index < -0.39 is 41.3 Å². The van der Waals surface area contributed by atoms with Crippen molar-refractivity contribution in [1.82, 2.24) is 25.8 Å². The Morgan fingerprint density at radius 1 is 0.957 bits per heavy atom. The second-order valence-electron chi connectivity index (χ2n) is 15.7. The van der Waals surface area contributed by atoms with E-state index in [1.54, 1.807) is 11.1 Å². The number of hydrogen-bond donors (Lipinski definition) is 4. The predicted molar refractivity (Wildman–Crippen MR) is 176 cm³/mol. The van der Waals surface area contributed by atoms with Gasteiger partial charge in [-0.05, 0) is 73.3 Å². The number of carbonyl (C=O) groups excluding carboxylic acids is 5. The molecule has 0 bridgehead atoms. The van der Waals surface area contributed by atoms with Crippen LogP contribution in [0, 0.1) is 29.1 Å². The van der Waals surface area contributed by atoms with Gasteiger partial charge in [0.2, 0.25) is 17.6 Å². The highest BCUT2D eigenvalue weighted by Crippen LogP contribution is 2.65. The van der Waals surface area contributed by atoms with E-state index in [2.05, 4.69) is 34.8 Å². The molecule has 5 fully saturated rings. The average Bonchev–Trinajstić information content (AvgIpc) is 3.91. The van der Waals surface area contributed by atoms with Crippen LogP contribution >= 0.6 is 0 Å². The van der Waals surface area contributed by atoms with E-state index >= 15 is 0 Å². The fourth-order valence-corrected chi connectivity index (χ4v) is 9.03. The molecular weight excluding hydrogens is 596 g/mol. The highest BCUT2D eigenvalue weighted by atomic mass is 16.2. The number of hydrogen-bond acceptors (Lipinski definition) is 6. The van der Waals surface area contributed by atoms with Crippen molar-refractivity contribution in [1.29, 1.82) is 0 Å². The first kappa shape index (κ1) is 33.4. The van der Waals surface area contributed by atoms with Gasteiger partial charge in [-0.3, -0.25) is 24.2 Å². The Morgan fingerprint density at radius 2 is 1.66 bits per heavy atom. The number of nitrogens with one attached hydrogen (secondary N) is 3. The van der Waals surface area contributed by atoms with Crippen molar-refractivity contribution in [3.05, 3.63) is 30.1 Å². The molecule has 1 saturated heterocycles. The van der Waals surface area contributed by atoms with E-state index in [-0.39, 0.29) is 41.0 Å². The summed E-state index contributed by atoms with van der Waals surface area (Å²) in [6.07, 6.45) is 14.2. The zero-order valence-corrected chi connectivity index (χ0v) is 28.0. The van der Waals surface area contributed by atoms with Crippen molar-refractivity contribution >= 4 is 29.5 Å². The maximum atomic E-state index is 14.6. The second-order valence-corrected chi connectivity index (χ2v) is 15.7. The number of fused-ring (bicyclic) bond motifs is 1. The van der Waals surface area contributed by atoms with Gasteiger partial charge in [-0.1, -0.05) is 71.3 Å². The van der Waals surface area contributed by atoms with Gasteiger partial charge in [-0.2, -0.15) is 0 Å². The SMILES string of the molecule is CC1(C)C2[C@@H](C(=O)NC(CC3CC3)C(=O)C(N)=O)N(C(=O)[C@@H](NC(=O)NC3(Cc4ccccn4)CCCCC3)C3CCCCC3)C[C@@H]21. The Hall–Kier alpha value is -3.50. The van der Waals surface area contributed by atoms with Crippen LogP contribution in [-0.2, 0) is 25.6 Å². The highest BCUT2D eigenvalue weighted by molar-refractivity contribution is 6.37. The van der Waals surface area contributed by atoms with Crippen LogP contribution in [0.5, 0.6) is 0 Å². The van der Waals surface area contributed by atoms with E-state index in [0.717, 1.165) is 82.7 Å². The topological polar surface area (TPSA) is 164 Å². The molecule has 5 atom stereocenters. The Balaban J connectivity index is 1.21. The molecule has 6 rings (SSSR count). The molecule has 5 amide bonds. The molecule has 256 valence electrons. The van der Waals surface area contributed by atoms with Crippen LogP contribution in [0.1, 0.15) is 103 Å². The first-order valence-electron chi connectivity index (χ1n) is 17.9. The maximum Gasteiger partial charge on any atom is 0.315 e. The van der Waals surface area contributed by atoms with Gasteiger partial charge in [0.05, 0.1) is 6.04 Å². The second kappa shape index (κ2) is 13.5. The molecule has 47 heavy (non-hydrogen) atoms. The van der Waals surface area contributed by atoms with E-state index in [4.69, 9.17) is 5.73 Å². The molecule has 0 spiro atoms.